The van der Waals surface area contributed by atoms with E-state index in [1.165, 1.54) is 0 Å². The van der Waals surface area contributed by atoms with E-state index in [1.54, 1.807) is 0 Å². The Morgan fingerprint density at radius 3 is 2.44 bits per heavy atom. The van der Waals surface area contributed by atoms with Crippen LogP contribution in [-0.2, 0) is 0 Å². The van der Waals surface area contributed by atoms with Crippen molar-refractivity contribution in [2.75, 3.05) is 25.4 Å². The number of amidine groups is 1. The monoisotopic (exact) mass is 287 g/mol. The number of nitrogens with zero attached hydrogens (tertiary/aromatic N) is 2. The molecule has 0 unspecified atom stereocenters. The molecule has 0 heterocycles. The summed E-state index contributed by atoms with van der Waals surface area (Å²) >= 11 is -0.0235. The number of hydrogen-bond acceptors (Lipinski definition) is 4. The Morgan fingerprint density at radius 1 is 1.39 bits per heavy atom. The largest absolute Gasteiger partial charge is 0.441 e. The minimum Gasteiger partial charge on any atom is -0.409 e. The van der Waals surface area contributed by atoms with Gasteiger partial charge in [-0.3, -0.25) is 0 Å². The Hall–Kier alpha value is -0.630. The molecule has 0 saturated heterocycles. The maximum Gasteiger partial charge on any atom is 0.441 e. The number of rotatable bonds is 8. The van der Waals surface area contributed by atoms with Gasteiger partial charge in [-0.25, -0.2) is 0 Å². The second-order valence-corrected chi connectivity index (χ2v) is 5.49. The fourth-order valence-electron chi connectivity index (χ4n) is 1.42. The zero-order valence-corrected chi connectivity index (χ0v) is 11.4. The number of hydrogen-bond donors (Lipinski definition) is 2. The molecule has 18 heavy (non-hydrogen) atoms. The van der Waals surface area contributed by atoms with Crippen molar-refractivity contribution in [1.29, 1.82) is 0 Å². The van der Waals surface area contributed by atoms with Gasteiger partial charge in [-0.2, -0.15) is 13.2 Å². The van der Waals surface area contributed by atoms with Crippen molar-refractivity contribution >= 4 is 17.6 Å². The highest BCUT2D eigenvalue weighted by Crippen LogP contribution is 2.29. The minimum atomic E-state index is -4.19. The topological polar surface area (TPSA) is 61.8 Å². The van der Waals surface area contributed by atoms with Gasteiger partial charge in [0, 0.05) is 31.8 Å². The van der Waals surface area contributed by atoms with Crippen LogP contribution < -0.4 is 5.73 Å². The summed E-state index contributed by atoms with van der Waals surface area (Å²) in [5, 5.41) is 11.2. The molecule has 0 amide bonds. The number of nitrogens with two attached hydrogens (primary N) is 1. The quantitative estimate of drug-likeness (QED) is 0.311. The van der Waals surface area contributed by atoms with Crippen molar-refractivity contribution in [3.05, 3.63) is 0 Å². The molecule has 0 aromatic heterocycles. The van der Waals surface area contributed by atoms with Crippen molar-refractivity contribution in [3.8, 4) is 0 Å². The van der Waals surface area contributed by atoms with Crippen LogP contribution in [-0.4, -0.2) is 46.8 Å². The molecule has 8 heteroatoms. The van der Waals surface area contributed by atoms with Crippen molar-refractivity contribution < 1.29 is 18.4 Å². The van der Waals surface area contributed by atoms with Crippen LogP contribution in [0.4, 0.5) is 13.2 Å². The zero-order valence-electron chi connectivity index (χ0n) is 10.6. The number of oxime groups is 1. The Morgan fingerprint density at radius 2 is 2.00 bits per heavy atom. The Labute approximate surface area is 109 Å². The summed E-state index contributed by atoms with van der Waals surface area (Å²) in [7, 11) is 0. The van der Waals surface area contributed by atoms with E-state index in [-0.39, 0.29) is 23.4 Å². The van der Waals surface area contributed by atoms with E-state index in [1.807, 2.05) is 18.7 Å². The van der Waals surface area contributed by atoms with E-state index < -0.39 is 5.51 Å². The third kappa shape index (κ3) is 10.5. The van der Waals surface area contributed by atoms with Crippen LogP contribution >= 0.6 is 11.8 Å². The van der Waals surface area contributed by atoms with Gasteiger partial charge >= 0.3 is 5.51 Å². The van der Waals surface area contributed by atoms with E-state index in [4.69, 9.17) is 10.9 Å². The molecule has 0 aliphatic rings. The van der Waals surface area contributed by atoms with Gasteiger partial charge in [0.05, 0.1) is 0 Å². The molecule has 0 spiro atoms. The third-order valence-electron chi connectivity index (χ3n) is 2.11. The van der Waals surface area contributed by atoms with Crippen molar-refractivity contribution in [2.45, 2.75) is 25.8 Å². The molecule has 0 aliphatic heterocycles. The van der Waals surface area contributed by atoms with Crippen LogP contribution in [0.5, 0.6) is 0 Å². The average molecular weight is 287 g/mol. The van der Waals surface area contributed by atoms with E-state index in [2.05, 4.69) is 5.16 Å². The minimum absolute atomic E-state index is 0.00755. The lowest BCUT2D eigenvalue weighted by Gasteiger charge is -2.24. The lowest BCUT2D eigenvalue weighted by atomic mass is 10.2. The number of alkyl halides is 3. The molecule has 3 N–H and O–H groups in total. The summed E-state index contributed by atoms with van der Waals surface area (Å²) in [6.45, 7) is 5.51. The molecule has 0 aromatic carbocycles. The van der Waals surface area contributed by atoms with Crippen LogP contribution in [0.3, 0.4) is 0 Å². The molecule has 4 nitrogen and oxygen atoms in total. The van der Waals surface area contributed by atoms with Crippen molar-refractivity contribution in [1.82, 2.24) is 4.90 Å². The van der Waals surface area contributed by atoms with Gasteiger partial charge in [0.1, 0.15) is 5.84 Å². The molecule has 0 aliphatic carbocycles. The van der Waals surface area contributed by atoms with Gasteiger partial charge in [0.2, 0.25) is 0 Å². The average Bonchev–Trinajstić information content (AvgIpc) is 2.22. The first kappa shape index (κ1) is 17.4. The predicted octanol–water partition coefficient (Wildman–Crippen LogP) is 2.33. The molecular formula is C10H20F3N3OS. The lowest BCUT2D eigenvalue weighted by molar-refractivity contribution is -0.0328. The van der Waals surface area contributed by atoms with Crippen LogP contribution in [0, 0.1) is 5.92 Å². The van der Waals surface area contributed by atoms with E-state index in [9.17, 15) is 13.2 Å². The molecule has 108 valence electrons. The highest BCUT2D eigenvalue weighted by molar-refractivity contribution is 8.00. The summed E-state index contributed by atoms with van der Waals surface area (Å²) in [5.74, 6) is 0.437. The normalized spacial score (nSPS) is 13.6. The van der Waals surface area contributed by atoms with Gasteiger partial charge < -0.3 is 15.8 Å². The second-order valence-electron chi connectivity index (χ2n) is 4.33. The molecule has 0 fully saturated rings. The molecular weight excluding hydrogens is 267 g/mol. The second kappa shape index (κ2) is 8.47. The Bertz CT molecular complexity index is 259. The standard InChI is InChI=1S/C10H20F3N3OS/c1-8(2)7-16(4-3-9(14)15-17)5-6-18-10(11,12)13/h8,17H,3-7H2,1-2H3,(H2,14,15). The number of thioether (sulfide) groups is 1. The SMILES string of the molecule is CC(C)CN(CCSC(F)(F)F)CCC(N)=NO. The Balaban J connectivity index is 4.07. The molecule has 0 bridgehead atoms. The summed E-state index contributed by atoms with van der Waals surface area (Å²) in [6, 6.07) is 0. The van der Waals surface area contributed by atoms with E-state index >= 15 is 0 Å². The van der Waals surface area contributed by atoms with Gasteiger partial charge in [0.15, 0.2) is 0 Å². The highest BCUT2D eigenvalue weighted by Gasteiger charge is 2.27. The van der Waals surface area contributed by atoms with Crippen molar-refractivity contribution in [2.24, 2.45) is 16.8 Å². The number of halogens is 3. The molecule has 0 aromatic rings. The van der Waals surface area contributed by atoms with Crippen LogP contribution in [0.2, 0.25) is 0 Å². The van der Waals surface area contributed by atoms with Crippen LogP contribution in [0.1, 0.15) is 20.3 Å². The fourth-order valence-corrected chi connectivity index (χ4v) is 2.00. The highest BCUT2D eigenvalue weighted by atomic mass is 32.2. The fraction of sp³-hybridized carbons (Fsp3) is 0.900. The van der Waals surface area contributed by atoms with Gasteiger partial charge in [-0.15, -0.1) is 0 Å². The summed E-state index contributed by atoms with van der Waals surface area (Å²) < 4.78 is 36.0. The third-order valence-corrected chi connectivity index (χ3v) is 2.82. The maximum atomic E-state index is 12.0. The van der Waals surface area contributed by atoms with Gasteiger partial charge in [-0.1, -0.05) is 19.0 Å². The molecule has 0 saturated carbocycles. The molecule has 0 radical (unpaired) electrons. The summed E-state index contributed by atoms with van der Waals surface area (Å²) in [5.41, 5.74) is 1.15. The first-order valence-electron chi connectivity index (χ1n) is 5.64. The first-order chi connectivity index (χ1) is 8.24. The van der Waals surface area contributed by atoms with E-state index in [0.717, 1.165) is 0 Å². The Kier molecular flexibility index (Phi) is 8.17. The zero-order chi connectivity index (χ0) is 14.2. The van der Waals surface area contributed by atoms with Gasteiger partial charge in [0.25, 0.3) is 0 Å². The first-order valence-corrected chi connectivity index (χ1v) is 6.62. The van der Waals surface area contributed by atoms with Crippen molar-refractivity contribution in [3.63, 3.8) is 0 Å². The lowest BCUT2D eigenvalue weighted by Crippen LogP contribution is -2.33. The smallest absolute Gasteiger partial charge is 0.409 e. The van der Waals surface area contributed by atoms with Crippen LogP contribution in [0.25, 0.3) is 0 Å². The molecule has 0 atom stereocenters. The molecule has 0 rings (SSSR count). The predicted molar refractivity (Wildman–Crippen MR) is 67.8 cm³/mol. The maximum absolute atomic E-state index is 12.0. The van der Waals surface area contributed by atoms with E-state index in [0.29, 0.717) is 32.0 Å². The summed E-state index contributed by atoms with van der Waals surface area (Å²) in [4.78, 5) is 1.89. The van der Waals surface area contributed by atoms with Gasteiger partial charge in [-0.05, 0) is 17.7 Å². The van der Waals surface area contributed by atoms with Crippen LogP contribution in [0.15, 0.2) is 5.16 Å². The summed E-state index contributed by atoms with van der Waals surface area (Å²) in [6.07, 6.45) is 0.347.